The zero-order valence-corrected chi connectivity index (χ0v) is 7.01. The molecule has 0 fully saturated rings. The number of hydrogen-bond acceptors (Lipinski definition) is 2. The highest BCUT2D eigenvalue weighted by Crippen LogP contribution is 2.03. The number of rotatable bonds is 5. The van der Waals surface area contributed by atoms with Crippen molar-refractivity contribution in [1.82, 2.24) is 0 Å². The molecule has 2 heteroatoms. The van der Waals surface area contributed by atoms with Crippen LogP contribution in [0, 0.1) is 0 Å². The fourth-order valence-corrected chi connectivity index (χ4v) is 0.871. The zero-order valence-electron chi connectivity index (χ0n) is 7.01. The molecule has 0 unspecified atom stereocenters. The molecule has 3 N–H and O–H groups in total. The molecule has 2 nitrogen and oxygen atoms in total. The molecule has 0 heterocycles. The van der Waals surface area contributed by atoms with Gasteiger partial charge in [0.05, 0.1) is 6.10 Å². The van der Waals surface area contributed by atoms with Gasteiger partial charge in [0.15, 0.2) is 0 Å². The maximum Gasteiger partial charge on any atom is 0.0662 e. The second-order valence-corrected chi connectivity index (χ2v) is 2.90. The smallest absolute Gasteiger partial charge is 0.0662 e. The highest BCUT2D eigenvalue weighted by molar-refractivity contribution is 4.66. The molecule has 0 saturated carbocycles. The largest absolute Gasteiger partial charge is 0.392 e. The summed E-state index contributed by atoms with van der Waals surface area (Å²) in [6.07, 6.45) is 4.18. The number of aliphatic hydroxyl groups excluding tert-OH is 1. The van der Waals surface area contributed by atoms with Crippen LogP contribution in [0.5, 0.6) is 0 Å². The van der Waals surface area contributed by atoms with Gasteiger partial charge < -0.3 is 10.8 Å². The third-order valence-corrected chi connectivity index (χ3v) is 1.76. The first-order chi connectivity index (χ1) is 4.68. The summed E-state index contributed by atoms with van der Waals surface area (Å²) in [4.78, 5) is 0. The van der Waals surface area contributed by atoms with Crippen molar-refractivity contribution in [3.8, 4) is 0 Å². The van der Waals surface area contributed by atoms with E-state index in [2.05, 4.69) is 6.92 Å². The van der Waals surface area contributed by atoms with Crippen LogP contribution in [0.4, 0.5) is 0 Å². The lowest BCUT2D eigenvalue weighted by Crippen LogP contribution is -2.31. The Bertz CT molecular complexity index is 73.7. The van der Waals surface area contributed by atoms with Crippen LogP contribution >= 0.6 is 0 Å². The first kappa shape index (κ1) is 9.92. The van der Waals surface area contributed by atoms with Gasteiger partial charge in [0, 0.05) is 6.04 Å². The van der Waals surface area contributed by atoms with E-state index in [9.17, 15) is 0 Å². The lowest BCUT2D eigenvalue weighted by atomic mass is 10.1. The van der Waals surface area contributed by atoms with E-state index in [1.165, 1.54) is 12.8 Å². The molecule has 0 rings (SSSR count). The molecule has 0 aromatic rings. The van der Waals surface area contributed by atoms with Gasteiger partial charge in [-0.05, 0) is 13.3 Å². The summed E-state index contributed by atoms with van der Waals surface area (Å²) in [5.74, 6) is 0. The van der Waals surface area contributed by atoms with Crippen LogP contribution < -0.4 is 5.73 Å². The minimum Gasteiger partial charge on any atom is -0.392 e. The number of aliphatic hydroxyl groups is 1. The Hall–Kier alpha value is -0.0800. The van der Waals surface area contributed by atoms with E-state index in [1.807, 2.05) is 0 Å². The second kappa shape index (κ2) is 5.69. The normalized spacial score (nSPS) is 16.8. The predicted molar refractivity (Wildman–Crippen MR) is 43.8 cm³/mol. The second-order valence-electron chi connectivity index (χ2n) is 2.90. The van der Waals surface area contributed by atoms with Crippen molar-refractivity contribution < 1.29 is 5.11 Å². The van der Waals surface area contributed by atoms with Crippen LogP contribution in [-0.4, -0.2) is 17.3 Å². The lowest BCUT2D eigenvalue weighted by Gasteiger charge is -2.13. The topological polar surface area (TPSA) is 46.2 Å². The van der Waals surface area contributed by atoms with E-state index < -0.39 is 0 Å². The summed E-state index contributed by atoms with van der Waals surface area (Å²) in [5, 5.41) is 9.00. The zero-order chi connectivity index (χ0) is 7.98. The molecule has 0 aliphatic rings. The Morgan fingerprint density at radius 1 is 1.40 bits per heavy atom. The van der Waals surface area contributed by atoms with Crippen molar-refractivity contribution in [3.63, 3.8) is 0 Å². The maximum atomic E-state index is 9.00. The van der Waals surface area contributed by atoms with Crippen molar-refractivity contribution in [3.05, 3.63) is 0 Å². The van der Waals surface area contributed by atoms with Crippen LogP contribution in [0.25, 0.3) is 0 Å². The fraction of sp³-hybridized carbons (Fsp3) is 1.00. The maximum absolute atomic E-state index is 9.00. The van der Waals surface area contributed by atoms with E-state index in [0.717, 1.165) is 12.8 Å². The Balaban J connectivity index is 3.13. The third-order valence-electron chi connectivity index (χ3n) is 1.76. The number of nitrogens with two attached hydrogens (primary N) is 1. The third kappa shape index (κ3) is 4.77. The SMILES string of the molecule is CCCCC[C@@H](N)[C@H](C)O. The van der Waals surface area contributed by atoms with Crippen molar-refractivity contribution >= 4 is 0 Å². The Kier molecular flexibility index (Phi) is 5.64. The van der Waals surface area contributed by atoms with E-state index in [1.54, 1.807) is 6.92 Å². The molecule has 0 amide bonds. The minimum atomic E-state index is -0.350. The molecule has 0 saturated heterocycles. The molecule has 0 aliphatic heterocycles. The molecule has 10 heavy (non-hydrogen) atoms. The first-order valence-corrected chi connectivity index (χ1v) is 4.12. The summed E-state index contributed by atoms with van der Waals surface area (Å²) >= 11 is 0. The van der Waals surface area contributed by atoms with Gasteiger partial charge in [-0.3, -0.25) is 0 Å². The molecule has 0 bridgehead atoms. The van der Waals surface area contributed by atoms with Crippen LogP contribution in [0.15, 0.2) is 0 Å². The lowest BCUT2D eigenvalue weighted by molar-refractivity contribution is 0.157. The van der Waals surface area contributed by atoms with Gasteiger partial charge in [-0.1, -0.05) is 26.2 Å². The summed E-state index contributed by atoms with van der Waals surface area (Å²) in [6.45, 7) is 3.91. The Morgan fingerprint density at radius 3 is 2.40 bits per heavy atom. The molecule has 62 valence electrons. The first-order valence-electron chi connectivity index (χ1n) is 4.12. The number of hydrogen-bond donors (Lipinski definition) is 2. The standard InChI is InChI=1S/C8H19NO/c1-3-4-5-6-8(9)7(2)10/h7-8,10H,3-6,9H2,1-2H3/t7-,8+/m0/s1. The van der Waals surface area contributed by atoms with Gasteiger partial charge in [-0.15, -0.1) is 0 Å². The van der Waals surface area contributed by atoms with Gasteiger partial charge in [0.1, 0.15) is 0 Å². The molecular formula is C8H19NO. The van der Waals surface area contributed by atoms with E-state index in [0.29, 0.717) is 0 Å². The van der Waals surface area contributed by atoms with Gasteiger partial charge in [0.25, 0.3) is 0 Å². The van der Waals surface area contributed by atoms with Crippen molar-refractivity contribution in [2.24, 2.45) is 5.73 Å². The molecule has 0 aromatic carbocycles. The molecule has 2 atom stereocenters. The molecule has 0 aromatic heterocycles. The van der Waals surface area contributed by atoms with Crippen LogP contribution in [0.3, 0.4) is 0 Å². The molecule has 0 aliphatic carbocycles. The highest BCUT2D eigenvalue weighted by atomic mass is 16.3. The van der Waals surface area contributed by atoms with Crippen LogP contribution in [-0.2, 0) is 0 Å². The van der Waals surface area contributed by atoms with Crippen molar-refractivity contribution in [1.29, 1.82) is 0 Å². The van der Waals surface area contributed by atoms with E-state index >= 15 is 0 Å². The van der Waals surface area contributed by atoms with E-state index in [4.69, 9.17) is 10.8 Å². The molecular weight excluding hydrogens is 126 g/mol. The van der Waals surface area contributed by atoms with Gasteiger partial charge in [0.2, 0.25) is 0 Å². The summed E-state index contributed by atoms with van der Waals surface area (Å²) in [6, 6.07) is -0.0217. The summed E-state index contributed by atoms with van der Waals surface area (Å²) < 4.78 is 0. The minimum absolute atomic E-state index is 0.0217. The van der Waals surface area contributed by atoms with Crippen molar-refractivity contribution in [2.75, 3.05) is 0 Å². The molecule has 0 radical (unpaired) electrons. The predicted octanol–water partition coefficient (Wildman–Crippen LogP) is 1.27. The van der Waals surface area contributed by atoms with Gasteiger partial charge in [-0.2, -0.15) is 0 Å². The monoisotopic (exact) mass is 145 g/mol. The van der Waals surface area contributed by atoms with E-state index in [-0.39, 0.29) is 12.1 Å². The van der Waals surface area contributed by atoms with Crippen molar-refractivity contribution in [2.45, 2.75) is 51.7 Å². The fourth-order valence-electron chi connectivity index (χ4n) is 0.871. The number of unbranched alkanes of at least 4 members (excludes halogenated alkanes) is 2. The average molecular weight is 145 g/mol. The highest BCUT2D eigenvalue weighted by Gasteiger charge is 2.07. The van der Waals surface area contributed by atoms with Gasteiger partial charge in [-0.25, -0.2) is 0 Å². The van der Waals surface area contributed by atoms with Gasteiger partial charge >= 0.3 is 0 Å². The Morgan fingerprint density at radius 2 is 2.00 bits per heavy atom. The Labute approximate surface area is 63.4 Å². The quantitative estimate of drug-likeness (QED) is 0.572. The molecule has 0 spiro atoms. The summed E-state index contributed by atoms with van der Waals surface area (Å²) in [7, 11) is 0. The summed E-state index contributed by atoms with van der Waals surface area (Å²) in [5.41, 5.74) is 5.61. The van der Waals surface area contributed by atoms with Crippen LogP contribution in [0.2, 0.25) is 0 Å². The average Bonchev–Trinajstić information content (AvgIpc) is 1.88. The van der Waals surface area contributed by atoms with Crippen LogP contribution in [0.1, 0.15) is 39.5 Å².